The van der Waals surface area contributed by atoms with E-state index < -0.39 is 6.10 Å². The van der Waals surface area contributed by atoms with Crippen molar-refractivity contribution < 1.29 is 9.53 Å². The highest BCUT2D eigenvalue weighted by molar-refractivity contribution is 5.94. The first kappa shape index (κ1) is 10.1. The van der Waals surface area contributed by atoms with Gasteiger partial charge in [-0.05, 0) is 36.6 Å². The molecule has 15 heavy (non-hydrogen) atoms. The molecule has 1 atom stereocenters. The molecule has 1 aliphatic rings. The van der Waals surface area contributed by atoms with Crippen LogP contribution >= 0.6 is 0 Å². The van der Waals surface area contributed by atoms with E-state index >= 15 is 0 Å². The smallest absolute Gasteiger partial charge is 0.188 e. The molecule has 0 saturated heterocycles. The molecule has 1 aliphatic heterocycles. The van der Waals surface area contributed by atoms with Gasteiger partial charge in [0.05, 0.1) is 6.61 Å². The van der Waals surface area contributed by atoms with Crippen LogP contribution in [0.4, 0.5) is 0 Å². The van der Waals surface area contributed by atoms with E-state index in [1.807, 2.05) is 25.1 Å². The van der Waals surface area contributed by atoms with Crippen LogP contribution in [0.15, 0.2) is 30.4 Å². The monoisotopic (exact) mass is 202 g/mol. The summed E-state index contributed by atoms with van der Waals surface area (Å²) in [5, 5.41) is 0. The summed E-state index contributed by atoms with van der Waals surface area (Å²) in [7, 11) is 0. The Bertz CT molecular complexity index is 419. The summed E-state index contributed by atoms with van der Waals surface area (Å²) < 4.78 is 5.43. The number of benzene rings is 1. The third kappa shape index (κ3) is 2.00. The number of ketones is 1. The van der Waals surface area contributed by atoms with Crippen LogP contribution in [-0.4, -0.2) is 12.4 Å². The molecule has 0 aromatic heterocycles. The minimum absolute atomic E-state index is 0.0319. The van der Waals surface area contributed by atoms with Crippen molar-refractivity contribution in [2.45, 2.75) is 20.0 Å². The molecule has 0 bridgehead atoms. The maximum Gasteiger partial charge on any atom is 0.188 e. The molecule has 1 unspecified atom stereocenters. The van der Waals surface area contributed by atoms with Gasteiger partial charge in [-0.3, -0.25) is 4.79 Å². The van der Waals surface area contributed by atoms with Gasteiger partial charge in [-0.15, -0.1) is 0 Å². The predicted molar refractivity (Wildman–Crippen MR) is 58.8 cm³/mol. The first-order valence-electron chi connectivity index (χ1n) is 5.07. The Kier molecular flexibility index (Phi) is 2.69. The zero-order valence-electron chi connectivity index (χ0n) is 8.99. The van der Waals surface area contributed by atoms with Crippen LogP contribution < -0.4 is 0 Å². The summed E-state index contributed by atoms with van der Waals surface area (Å²) in [6, 6.07) is 6.01. The van der Waals surface area contributed by atoms with Gasteiger partial charge in [0.2, 0.25) is 0 Å². The van der Waals surface area contributed by atoms with Crippen LogP contribution in [0.2, 0.25) is 0 Å². The van der Waals surface area contributed by atoms with Crippen molar-refractivity contribution in [1.82, 2.24) is 0 Å². The van der Waals surface area contributed by atoms with E-state index in [9.17, 15) is 4.79 Å². The molecular formula is C13H14O2. The van der Waals surface area contributed by atoms with Gasteiger partial charge in [0, 0.05) is 0 Å². The van der Waals surface area contributed by atoms with E-state index in [1.54, 1.807) is 12.2 Å². The lowest BCUT2D eigenvalue weighted by Crippen LogP contribution is -2.18. The van der Waals surface area contributed by atoms with Gasteiger partial charge in [0.1, 0.15) is 6.10 Å². The molecule has 0 N–H and O–H groups in total. The van der Waals surface area contributed by atoms with Crippen molar-refractivity contribution in [1.29, 1.82) is 0 Å². The molecule has 2 rings (SSSR count). The average molecular weight is 202 g/mol. The van der Waals surface area contributed by atoms with Gasteiger partial charge in [-0.25, -0.2) is 0 Å². The molecule has 1 aromatic carbocycles. The highest BCUT2D eigenvalue weighted by atomic mass is 16.5. The first-order chi connectivity index (χ1) is 7.18. The Hall–Kier alpha value is -1.41. The second kappa shape index (κ2) is 3.99. The maximum absolute atomic E-state index is 11.6. The molecule has 0 spiro atoms. The number of ether oxygens (including phenoxy) is 1. The number of hydrogen-bond donors (Lipinski definition) is 0. The fourth-order valence-corrected chi connectivity index (χ4v) is 1.67. The summed E-state index contributed by atoms with van der Waals surface area (Å²) in [4.78, 5) is 11.6. The van der Waals surface area contributed by atoms with Gasteiger partial charge >= 0.3 is 0 Å². The quantitative estimate of drug-likeness (QED) is 0.699. The highest BCUT2D eigenvalue weighted by Crippen LogP contribution is 2.23. The Balaban J connectivity index is 2.33. The Morgan fingerprint density at radius 2 is 2.07 bits per heavy atom. The van der Waals surface area contributed by atoms with E-state index in [1.165, 1.54) is 11.1 Å². The second-order valence-corrected chi connectivity index (χ2v) is 3.86. The van der Waals surface area contributed by atoms with E-state index in [0.717, 1.165) is 5.56 Å². The third-order valence-electron chi connectivity index (χ3n) is 2.73. The number of rotatable bonds is 1. The van der Waals surface area contributed by atoms with Crippen molar-refractivity contribution in [2.75, 3.05) is 6.61 Å². The normalized spacial score (nSPS) is 20.7. The Labute approximate surface area is 89.6 Å². The number of hydrogen-bond acceptors (Lipinski definition) is 2. The van der Waals surface area contributed by atoms with Crippen LogP contribution in [0, 0.1) is 13.8 Å². The standard InChI is InChI=1S/C13H14O2/c1-9-5-6-11(8-10(9)2)13-12(14)4-3-7-15-13/h3-6,8,13H,7H2,1-2H3. The van der Waals surface area contributed by atoms with Gasteiger partial charge in [-0.1, -0.05) is 24.3 Å². The van der Waals surface area contributed by atoms with Crippen LogP contribution in [0.3, 0.4) is 0 Å². The molecule has 0 radical (unpaired) electrons. The fourth-order valence-electron chi connectivity index (χ4n) is 1.67. The van der Waals surface area contributed by atoms with Crippen LogP contribution in [0.1, 0.15) is 22.8 Å². The predicted octanol–water partition coefficient (Wildman–Crippen LogP) is 2.50. The van der Waals surface area contributed by atoms with Crippen LogP contribution in [0.25, 0.3) is 0 Å². The second-order valence-electron chi connectivity index (χ2n) is 3.86. The van der Waals surface area contributed by atoms with Gasteiger partial charge in [-0.2, -0.15) is 0 Å². The fraction of sp³-hybridized carbons (Fsp3) is 0.308. The average Bonchev–Trinajstić information content (AvgIpc) is 2.23. The van der Waals surface area contributed by atoms with Crippen LogP contribution in [0.5, 0.6) is 0 Å². The zero-order valence-corrected chi connectivity index (χ0v) is 8.99. The molecule has 0 amide bonds. The van der Waals surface area contributed by atoms with Crippen molar-refractivity contribution in [3.05, 3.63) is 47.0 Å². The van der Waals surface area contributed by atoms with Gasteiger partial charge in [0.15, 0.2) is 5.78 Å². The SMILES string of the molecule is Cc1ccc(C2OCC=CC2=O)cc1C. The Morgan fingerprint density at radius 1 is 1.27 bits per heavy atom. The number of carbonyl (C=O) groups is 1. The summed E-state index contributed by atoms with van der Waals surface area (Å²) in [5.41, 5.74) is 3.38. The Morgan fingerprint density at radius 3 is 2.73 bits per heavy atom. The maximum atomic E-state index is 11.6. The lowest BCUT2D eigenvalue weighted by Gasteiger charge is -2.18. The van der Waals surface area contributed by atoms with Crippen molar-refractivity contribution >= 4 is 5.78 Å². The summed E-state index contributed by atoms with van der Waals surface area (Å²) >= 11 is 0. The topological polar surface area (TPSA) is 26.3 Å². The number of aryl methyl sites for hydroxylation is 2. The van der Waals surface area contributed by atoms with Crippen molar-refractivity contribution in [3.8, 4) is 0 Å². The lowest BCUT2D eigenvalue weighted by molar-refractivity contribution is -0.126. The summed E-state index contributed by atoms with van der Waals surface area (Å²) in [5.74, 6) is 0.0319. The molecular weight excluding hydrogens is 188 g/mol. The van der Waals surface area contributed by atoms with E-state index in [-0.39, 0.29) is 5.78 Å². The molecule has 1 heterocycles. The summed E-state index contributed by atoms with van der Waals surface area (Å²) in [6.45, 7) is 4.62. The highest BCUT2D eigenvalue weighted by Gasteiger charge is 2.21. The minimum atomic E-state index is -0.408. The molecule has 0 fully saturated rings. The van der Waals surface area contributed by atoms with Crippen molar-refractivity contribution in [2.24, 2.45) is 0 Å². The molecule has 0 aliphatic carbocycles. The van der Waals surface area contributed by atoms with E-state index in [2.05, 4.69) is 6.92 Å². The molecule has 78 valence electrons. The lowest BCUT2D eigenvalue weighted by atomic mass is 9.99. The van der Waals surface area contributed by atoms with Gasteiger partial charge in [0.25, 0.3) is 0 Å². The molecule has 2 nitrogen and oxygen atoms in total. The van der Waals surface area contributed by atoms with E-state index in [4.69, 9.17) is 4.74 Å². The summed E-state index contributed by atoms with van der Waals surface area (Å²) in [6.07, 6.45) is 2.94. The van der Waals surface area contributed by atoms with Crippen molar-refractivity contribution in [3.63, 3.8) is 0 Å². The third-order valence-corrected chi connectivity index (χ3v) is 2.73. The zero-order chi connectivity index (χ0) is 10.8. The van der Waals surface area contributed by atoms with Crippen LogP contribution in [-0.2, 0) is 9.53 Å². The van der Waals surface area contributed by atoms with Gasteiger partial charge < -0.3 is 4.74 Å². The molecule has 0 saturated carbocycles. The first-order valence-corrected chi connectivity index (χ1v) is 5.07. The van der Waals surface area contributed by atoms with E-state index in [0.29, 0.717) is 6.61 Å². The largest absolute Gasteiger partial charge is 0.361 e. The molecule has 2 heteroatoms. The molecule has 1 aromatic rings. The minimum Gasteiger partial charge on any atom is -0.361 e. The number of carbonyl (C=O) groups excluding carboxylic acids is 1.